The summed E-state index contributed by atoms with van der Waals surface area (Å²) in [7, 11) is 0. The minimum Gasteiger partial charge on any atom is -0.406 e. The van der Waals surface area contributed by atoms with E-state index in [9.17, 15) is 22.8 Å². The summed E-state index contributed by atoms with van der Waals surface area (Å²) in [5.41, 5.74) is 21.6. The molecule has 0 bridgehead atoms. The SMILES string of the molecule is Cc1ccc(N(CCc2ccccc2)C(=O)[C@@H](N)c2ccccc2)cc1C.Cc1ccc(N(CCc2ccccc2OC(F)(F)F)C(=O)[C@@H](N)c2ccccc2)cc1C. The van der Waals surface area contributed by atoms with Gasteiger partial charge in [0.15, 0.2) is 0 Å². The molecule has 0 heterocycles. The van der Waals surface area contributed by atoms with E-state index < -0.39 is 18.4 Å². The van der Waals surface area contributed by atoms with Gasteiger partial charge in [0.2, 0.25) is 11.8 Å². The molecule has 6 aromatic carbocycles. The van der Waals surface area contributed by atoms with E-state index in [2.05, 4.69) is 42.8 Å². The van der Waals surface area contributed by atoms with E-state index >= 15 is 0 Å². The second kappa shape index (κ2) is 20.5. The Kier molecular flexibility index (Phi) is 15.2. The molecule has 0 saturated carbocycles. The molecular weight excluding hydrogens is 750 g/mol. The highest BCUT2D eigenvalue weighted by molar-refractivity contribution is 5.98. The zero-order valence-electron chi connectivity index (χ0n) is 33.8. The molecule has 0 aromatic heterocycles. The fourth-order valence-electron chi connectivity index (χ4n) is 6.51. The van der Waals surface area contributed by atoms with Gasteiger partial charge >= 0.3 is 6.36 Å². The van der Waals surface area contributed by atoms with E-state index in [1.54, 1.807) is 36.4 Å². The van der Waals surface area contributed by atoms with Gasteiger partial charge in [-0.15, -0.1) is 13.2 Å². The second-order valence-corrected chi connectivity index (χ2v) is 14.4. The Labute approximate surface area is 345 Å². The predicted molar refractivity (Wildman–Crippen MR) is 230 cm³/mol. The minimum absolute atomic E-state index is 0.0830. The number of aryl methyl sites for hydroxylation is 4. The molecule has 0 aliphatic carbocycles. The topological polar surface area (TPSA) is 102 Å². The molecule has 2 amide bonds. The molecule has 59 heavy (non-hydrogen) atoms. The molecule has 0 unspecified atom stereocenters. The summed E-state index contributed by atoms with van der Waals surface area (Å²) in [5.74, 6) is -0.700. The van der Waals surface area contributed by atoms with E-state index in [1.807, 2.05) is 97.6 Å². The van der Waals surface area contributed by atoms with Gasteiger partial charge < -0.3 is 26.0 Å². The van der Waals surface area contributed by atoms with Crippen LogP contribution in [0.3, 0.4) is 0 Å². The standard InChI is InChI=1S/C25H25F3N2O2.C24H26N2O/c1-17-12-13-21(16-18(17)2)30(24(31)23(29)20-9-4-3-5-10-20)15-14-19-8-6-7-11-22(19)32-25(26,27)28;1-18-13-14-22(17-19(18)2)26(16-15-20-9-5-3-6-10-20)24(27)23(25)21-11-7-4-8-12-21/h3-13,16,23H,14-15,29H2,1-2H3;3-14,17,23H,15-16,25H2,1-2H3/t2*23-/m00/s1. The average Bonchev–Trinajstić information content (AvgIpc) is 3.24. The summed E-state index contributed by atoms with van der Waals surface area (Å²) in [6.07, 6.45) is -3.86. The first kappa shape index (κ1) is 43.9. The molecule has 6 rings (SSSR count). The Bertz CT molecular complexity index is 2290. The van der Waals surface area contributed by atoms with Crippen molar-refractivity contribution in [1.29, 1.82) is 0 Å². The number of hydrogen-bond donors (Lipinski definition) is 2. The summed E-state index contributed by atoms with van der Waals surface area (Å²) in [6.45, 7) is 8.77. The van der Waals surface area contributed by atoms with Crippen LogP contribution in [0, 0.1) is 27.7 Å². The van der Waals surface area contributed by atoms with Crippen molar-refractivity contribution in [3.05, 3.63) is 196 Å². The maximum Gasteiger partial charge on any atom is 0.573 e. The number of nitrogens with two attached hydrogens (primary N) is 2. The molecule has 0 spiro atoms. The van der Waals surface area contributed by atoms with Crippen molar-refractivity contribution < 1.29 is 27.5 Å². The zero-order chi connectivity index (χ0) is 42.5. The van der Waals surface area contributed by atoms with Crippen LogP contribution in [0.25, 0.3) is 0 Å². The number of alkyl halides is 3. The number of anilines is 2. The van der Waals surface area contributed by atoms with Crippen LogP contribution in [-0.4, -0.2) is 31.3 Å². The zero-order valence-corrected chi connectivity index (χ0v) is 33.8. The highest BCUT2D eigenvalue weighted by atomic mass is 19.4. The number of carbonyl (C=O) groups excluding carboxylic acids is 2. The van der Waals surface area contributed by atoms with Crippen molar-refractivity contribution in [1.82, 2.24) is 0 Å². The first-order valence-electron chi connectivity index (χ1n) is 19.5. The Hall–Kier alpha value is -6.23. The van der Waals surface area contributed by atoms with Gasteiger partial charge in [-0.25, -0.2) is 0 Å². The van der Waals surface area contributed by atoms with Gasteiger partial charge in [0.25, 0.3) is 0 Å². The molecule has 0 aliphatic rings. The van der Waals surface area contributed by atoms with E-state index in [0.717, 1.165) is 28.8 Å². The minimum atomic E-state index is -4.80. The van der Waals surface area contributed by atoms with Crippen LogP contribution in [0.2, 0.25) is 0 Å². The lowest BCUT2D eigenvalue weighted by Crippen LogP contribution is -2.40. The van der Waals surface area contributed by atoms with Crippen LogP contribution in [0.1, 0.15) is 56.6 Å². The van der Waals surface area contributed by atoms with Crippen molar-refractivity contribution in [3.63, 3.8) is 0 Å². The van der Waals surface area contributed by atoms with Crippen LogP contribution in [0.15, 0.2) is 152 Å². The van der Waals surface area contributed by atoms with Crippen LogP contribution < -0.4 is 26.0 Å². The number of carbonyl (C=O) groups is 2. The molecule has 0 saturated heterocycles. The number of hydrogen-bond acceptors (Lipinski definition) is 5. The van der Waals surface area contributed by atoms with E-state index in [-0.39, 0.29) is 30.5 Å². The second-order valence-electron chi connectivity index (χ2n) is 14.4. The van der Waals surface area contributed by atoms with Crippen molar-refractivity contribution >= 4 is 23.2 Å². The number of rotatable bonds is 13. The highest BCUT2D eigenvalue weighted by Gasteiger charge is 2.32. The number of para-hydroxylation sites is 1. The van der Waals surface area contributed by atoms with Gasteiger partial charge in [-0.3, -0.25) is 9.59 Å². The molecular formula is C49H51F3N4O3. The van der Waals surface area contributed by atoms with Crippen molar-refractivity contribution in [3.8, 4) is 5.75 Å². The van der Waals surface area contributed by atoms with E-state index in [4.69, 9.17) is 11.5 Å². The van der Waals surface area contributed by atoms with Gasteiger partial charge in [0.05, 0.1) is 0 Å². The molecule has 0 radical (unpaired) electrons. The van der Waals surface area contributed by atoms with Crippen molar-refractivity contribution in [2.24, 2.45) is 11.5 Å². The number of amides is 2. The third kappa shape index (κ3) is 12.4. The maximum absolute atomic E-state index is 13.4. The summed E-state index contributed by atoms with van der Waals surface area (Å²) in [4.78, 5) is 30.0. The average molecular weight is 801 g/mol. The van der Waals surface area contributed by atoms with Crippen LogP contribution in [-0.2, 0) is 22.4 Å². The molecule has 0 fully saturated rings. The lowest BCUT2D eigenvalue weighted by Gasteiger charge is -2.27. The first-order valence-corrected chi connectivity index (χ1v) is 19.5. The Morgan fingerprint density at radius 3 is 1.39 bits per heavy atom. The smallest absolute Gasteiger partial charge is 0.406 e. The summed E-state index contributed by atoms with van der Waals surface area (Å²) >= 11 is 0. The molecule has 2 atom stereocenters. The van der Waals surface area contributed by atoms with Gasteiger partial charge in [0, 0.05) is 24.5 Å². The van der Waals surface area contributed by atoms with Gasteiger partial charge in [-0.2, -0.15) is 0 Å². The van der Waals surface area contributed by atoms with Crippen molar-refractivity contribution in [2.45, 2.75) is 59.0 Å². The summed E-state index contributed by atoms with van der Waals surface area (Å²) in [6, 6.07) is 44.8. The maximum atomic E-state index is 13.4. The first-order chi connectivity index (χ1) is 28.2. The van der Waals surface area contributed by atoms with Crippen LogP contribution in [0.4, 0.5) is 24.5 Å². The predicted octanol–water partition coefficient (Wildman–Crippen LogP) is 10.1. The Morgan fingerprint density at radius 1 is 0.542 bits per heavy atom. The number of benzene rings is 6. The van der Waals surface area contributed by atoms with Gasteiger partial charge in [-0.05, 0) is 115 Å². The van der Waals surface area contributed by atoms with Crippen LogP contribution >= 0.6 is 0 Å². The van der Waals surface area contributed by atoms with Gasteiger partial charge in [-0.1, -0.05) is 121 Å². The molecule has 0 aliphatic heterocycles. The lowest BCUT2D eigenvalue weighted by molar-refractivity contribution is -0.274. The monoisotopic (exact) mass is 800 g/mol. The molecule has 306 valence electrons. The fourth-order valence-corrected chi connectivity index (χ4v) is 6.51. The highest BCUT2D eigenvalue weighted by Crippen LogP contribution is 2.29. The Balaban J connectivity index is 0.000000227. The quantitative estimate of drug-likeness (QED) is 0.121. The molecule has 6 aromatic rings. The Morgan fingerprint density at radius 2 is 0.949 bits per heavy atom. The van der Waals surface area contributed by atoms with E-state index in [1.165, 1.54) is 33.7 Å². The summed E-state index contributed by atoms with van der Waals surface area (Å²) in [5, 5.41) is 0. The van der Waals surface area contributed by atoms with E-state index in [0.29, 0.717) is 23.4 Å². The number of ether oxygens (including phenoxy) is 1. The largest absolute Gasteiger partial charge is 0.573 e. The normalized spacial score (nSPS) is 12.1. The summed E-state index contributed by atoms with van der Waals surface area (Å²) < 4.78 is 42.5. The van der Waals surface area contributed by atoms with Crippen LogP contribution in [0.5, 0.6) is 5.75 Å². The third-order valence-electron chi connectivity index (χ3n) is 10.3. The lowest BCUT2D eigenvalue weighted by atomic mass is 10.0. The fraction of sp³-hybridized carbons (Fsp3) is 0.224. The molecule has 7 nitrogen and oxygen atoms in total. The van der Waals surface area contributed by atoms with Gasteiger partial charge in [0.1, 0.15) is 17.8 Å². The third-order valence-corrected chi connectivity index (χ3v) is 10.3. The number of nitrogens with zero attached hydrogens (tertiary/aromatic N) is 2. The number of halogens is 3. The molecule has 4 N–H and O–H groups in total. The van der Waals surface area contributed by atoms with Crippen molar-refractivity contribution in [2.75, 3.05) is 22.9 Å². The molecule has 10 heteroatoms.